The SMILES string of the molecule is NC1CCN(c2ncc(-c3ccc(F)cc3)cn2)CC1. The summed E-state index contributed by atoms with van der Waals surface area (Å²) < 4.78 is 12.9. The van der Waals surface area contributed by atoms with Gasteiger partial charge in [-0.2, -0.15) is 0 Å². The van der Waals surface area contributed by atoms with E-state index in [9.17, 15) is 4.39 Å². The third-order valence-corrected chi connectivity index (χ3v) is 3.64. The molecule has 0 saturated carbocycles. The molecule has 1 fully saturated rings. The van der Waals surface area contributed by atoms with Crippen molar-refractivity contribution in [2.75, 3.05) is 18.0 Å². The Bertz CT molecular complexity index is 559. The number of anilines is 1. The van der Waals surface area contributed by atoms with Crippen LogP contribution < -0.4 is 10.6 Å². The van der Waals surface area contributed by atoms with Crippen LogP contribution >= 0.6 is 0 Å². The summed E-state index contributed by atoms with van der Waals surface area (Å²) in [6.45, 7) is 1.80. The van der Waals surface area contributed by atoms with Gasteiger partial charge in [0.15, 0.2) is 0 Å². The molecule has 0 atom stereocenters. The lowest BCUT2D eigenvalue weighted by atomic mass is 10.1. The quantitative estimate of drug-likeness (QED) is 0.910. The zero-order chi connectivity index (χ0) is 13.9. The van der Waals surface area contributed by atoms with E-state index in [-0.39, 0.29) is 5.82 Å². The second-order valence-electron chi connectivity index (χ2n) is 5.10. The Labute approximate surface area is 117 Å². The first-order chi connectivity index (χ1) is 9.72. The van der Waals surface area contributed by atoms with Gasteiger partial charge in [0, 0.05) is 37.1 Å². The van der Waals surface area contributed by atoms with Gasteiger partial charge in [-0.25, -0.2) is 14.4 Å². The summed E-state index contributed by atoms with van der Waals surface area (Å²) in [6.07, 6.45) is 5.51. The summed E-state index contributed by atoms with van der Waals surface area (Å²) in [5, 5.41) is 0. The van der Waals surface area contributed by atoms with E-state index in [2.05, 4.69) is 14.9 Å². The molecule has 104 valence electrons. The van der Waals surface area contributed by atoms with E-state index in [1.54, 1.807) is 24.5 Å². The van der Waals surface area contributed by atoms with Gasteiger partial charge in [-0.3, -0.25) is 0 Å². The normalized spacial score (nSPS) is 16.4. The van der Waals surface area contributed by atoms with Gasteiger partial charge in [0.25, 0.3) is 0 Å². The van der Waals surface area contributed by atoms with Crippen LogP contribution in [0, 0.1) is 5.82 Å². The average Bonchev–Trinajstić information content (AvgIpc) is 2.49. The Hall–Kier alpha value is -2.01. The first-order valence-corrected chi connectivity index (χ1v) is 6.81. The summed E-state index contributed by atoms with van der Waals surface area (Å²) in [4.78, 5) is 11.0. The second-order valence-corrected chi connectivity index (χ2v) is 5.10. The molecule has 1 aliphatic rings. The molecular formula is C15H17FN4. The Kier molecular flexibility index (Phi) is 3.60. The van der Waals surface area contributed by atoms with Crippen LogP contribution in [0.5, 0.6) is 0 Å². The van der Waals surface area contributed by atoms with Crippen LogP contribution in [0.15, 0.2) is 36.7 Å². The van der Waals surface area contributed by atoms with Gasteiger partial charge in [0.2, 0.25) is 5.95 Å². The molecule has 0 amide bonds. The number of benzene rings is 1. The maximum Gasteiger partial charge on any atom is 0.225 e. The number of piperidine rings is 1. The highest BCUT2D eigenvalue weighted by Crippen LogP contribution is 2.20. The Balaban J connectivity index is 1.76. The Morgan fingerprint density at radius 1 is 1.00 bits per heavy atom. The summed E-state index contributed by atoms with van der Waals surface area (Å²) in [5.74, 6) is 0.499. The standard InChI is InChI=1S/C15H17FN4/c16-13-3-1-11(2-4-13)12-9-18-15(19-10-12)20-7-5-14(17)6-8-20/h1-4,9-10,14H,5-8,17H2. The van der Waals surface area contributed by atoms with Gasteiger partial charge in [-0.15, -0.1) is 0 Å². The van der Waals surface area contributed by atoms with Crippen LogP contribution in [0.2, 0.25) is 0 Å². The molecule has 20 heavy (non-hydrogen) atoms. The minimum absolute atomic E-state index is 0.240. The van der Waals surface area contributed by atoms with Crippen LogP contribution in [-0.2, 0) is 0 Å². The molecule has 1 saturated heterocycles. The van der Waals surface area contributed by atoms with Crippen molar-refractivity contribution in [2.45, 2.75) is 18.9 Å². The van der Waals surface area contributed by atoms with E-state index < -0.39 is 0 Å². The van der Waals surface area contributed by atoms with Crippen molar-refractivity contribution in [2.24, 2.45) is 5.73 Å². The molecular weight excluding hydrogens is 255 g/mol. The van der Waals surface area contributed by atoms with Gasteiger partial charge in [0.1, 0.15) is 5.82 Å². The molecule has 1 aliphatic heterocycles. The number of hydrogen-bond acceptors (Lipinski definition) is 4. The Morgan fingerprint density at radius 2 is 1.60 bits per heavy atom. The predicted molar refractivity (Wildman–Crippen MR) is 76.8 cm³/mol. The van der Waals surface area contributed by atoms with Crippen LogP contribution in [0.4, 0.5) is 10.3 Å². The fraction of sp³-hybridized carbons (Fsp3) is 0.333. The molecule has 4 nitrogen and oxygen atoms in total. The van der Waals surface area contributed by atoms with Crippen LogP contribution in [0.1, 0.15) is 12.8 Å². The molecule has 0 spiro atoms. The van der Waals surface area contributed by atoms with Crippen molar-refractivity contribution in [1.82, 2.24) is 9.97 Å². The number of hydrogen-bond donors (Lipinski definition) is 1. The lowest BCUT2D eigenvalue weighted by Crippen LogP contribution is -2.40. The van der Waals surface area contributed by atoms with Crippen LogP contribution in [0.25, 0.3) is 11.1 Å². The fourth-order valence-corrected chi connectivity index (χ4v) is 2.38. The highest BCUT2D eigenvalue weighted by molar-refractivity contribution is 5.61. The minimum atomic E-state index is -0.240. The molecule has 1 aromatic carbocycles. The van der Waals surface area contributed by atoms with Gasteiger partial charge >= 0.3 is 0 Å². The third kappa shape index (κ3) is 2.77. The highest BCUT2D eigenvalue weighted by Gasteiger charge is 2.18. The van der Waals surface area contributed by atoms with E-state index in [1.807, 2.05) is 0 Å². The van der Waals surface area contributed by atoms with E-state index in [0.29, 0.717) is 6.04 Å². The number of halogens is 1. The number of aromatic nitrogens is 2. The molecule has 0 aliphatic carbocycles. The first-order valence-electron chi connectivity index (χ1n) is 6.81. The zero-order valence-electron chi connectivity index (χ0n) is 11.2. The molecule has 3 rings (SSSR count). The molecule has 0 radical (unpaired) electrons. The van der Waals surface area contributed by atoms with Gasteiger partial charge in [0.05, 0.1) is 0 Å². The maximum atomic E-state index is 12.9. The maximum absolute atomic E-state index is 12.9. The van der Waals surface area contributed by atoms with Crippen LogP contribution in [0.3, 0.4) is 0 Å². The lowest BCUT2D eigenvalue weighted by molar-refractivity contribution is 0.495. The monoisotopic (exact) mass is 272 g/mol. The molecule has 2 heterocycles. The molecule has 5 heteroatoms. The first kappa shape index (κ1) is 13.0. The second kappa shape index (κ2) is 5.54. The molecule has 2 aromatic rings. The van der Waals surface area contributed by atoms with E-state index in [4.69, 9.17) is 5.73 Å². The molecule has 1 aromatic heterocycles. The van der Waals surface area contributed by atoms with Crippen LogP contribution in [-0.4, -0.2) is 29.1 Å². The van der Waals surface area contributed by atoms with Gasteiger partial charge in [-0.1, -0.05) is 12.1 Å². The summed E-state index contributed by atoms with van der Waals surface area (Å²) in [5.41, 5.74) is 7.70. The van der Waals surface area contributed by atoms with Gasteiger partial charge < -0.3 is 10.6 Å². The predicted octanol–water partition coefficient (Wildman–Crippen LogP) is 2.21. The van der Waals surface area contributed by atoms with E-state index in [1.165, 1.54) is 12.1 Å². The Morgan fingerprint density at radius 3 is 2.20 bits per heavy atom. The van der Waals surface area contributed by atoms with Crippen molar-refractivity contribution in [3.63, 3.8) is 0 Å². The number of rotatable bonds is 2. The molecule has 0 bridgehead atoms. The number of nitrogens with two attached hydrogens (primary N) is 1. The van der Waals surface area contributed by atoms with Gasteiger partial charge in [-0.05, 0) is 30.5 Å². The van der Waals surface area contributed by atoms with Crippen molar-refractivity contribution in [3.05, 3.63) is 42.5 Å². The van der Waals surface area contributed by atoms with Crippen molar-refractivity contribution >= 4 is 5.95 Å². The smallest absolute Gasteiger partial charge is 0.225 e. The summed E-state index contributed by atoms with van der Waals surface area (Å²) >= 11 is 0. The molecule has 0 unspecified atom stereocenters. The van der Waals surface area contributed by atoms with E-state index in [0.717, 1.165) is 43.0 Å². The van der Waals surface area contributed by atoms with Crippen molar-refractivity contribution in [1.29, 1.82) is 0 Å². The lowest BCUT2D eigenvalue weighted by Gasteiger charge is -2.30. The largest absolute Gasteiger partial charge is 0.341 e. The fourth-order valence-electron chi connectivity index (χ4n) is 2.38. The number of nitrogens with zero attached hydrogens (tertiary/aromatic N) is 3. The summed E-state index contributed by atoms with van der Waals surface area (Å²) in [7, 11) is 0. The summed E-state index contributed by atoms with van der Waals surface area (Å²) in [6, 6.07) is 6.64. The topological polar surface area (TPSA) is 55.0 Å². The van der Waals surface area contributed by atoms with Crippen molar-refractivity contribution in [3.8, 4) is 11.1 Å². The third-order valence-electron chi connectivity index (χ3n) is 3.64. The zero-order valence-corrected chi connectivity index (χ0v) is 11.2. The molecule has 2 N–H and O–H groups in total. The average molecular weight is 272 g/mol. The van der Waals surface area contributed by atoms with E-state index >= 15 is 0 Å². The highest BCUT2D eigenvalue weighted by atomic mass is 19.1. The van der Waals surface area contributed by atoms with Crippen molar-refractivity contribution < 1.29 is 4.39 Å². The minimum Gasteiger partial charge on any atom is -0.341 e.